The number of hydrogen-bond donors (Lipinski definition) is 2. The lowest BCUT2D eigenvalue weighted by Gasteiger charge is -2.41. The quantitative estimate of drug-likeness (QED) is 0.317. The second-order valence-corrected chi connectivity index (χ2v) is 13.9. The number of amides is 3. The average molecular weight is 692 g/mol. The molecule has 10 nitrogen and oxygen atoms in total. The van der Waals surface area contributed by atoms with Crippen molar-refractivity contribution in [2.45, 2.75) is 58.4 Å². The summed E-state index contributed by atoms with van der Waals surface area (Å²) in [6.07, 6.45) is 6.08. The number of methoxy groups -OCH3 is 1. The van der Waals surface area contributed by atoms with Crippen molar-refractivity contribution in [1.82, 2.24) is 14.8 Å². The number of aromatic nitrogens is 1. The fourth-order valence-electron chi connectivity index (χ4n) is 7.60. The average Bonchev–Trinajstić information content (AvgIpc) is 3.09. The van der Waals surface area contributed by atoms with Crippen molar-refractivity contribution in [3.63, 3.8) is 0 Å². The molecule has 0 saturated carbocycles. The molecule has 1 unspecified atom stereocenters. The number of pyridine rings is 1. The van der Waals surface area contributed by atoms with E-state index in [1.54, 1.807) is 42.9 Å². The van der Waals surface area contributed by atoms with Crippen LogP contribution in [0.5, 0.6) is 5.75 Å². The highest BCUT2D eigenvalue weighted by Gasteiger charge is 2.33. The number of piperidine rings is 3. The Kier molecular flexibility index (Phi) is 10.0. The Morgan fingerprint density at radius 3 is 2.27 bits per heavy atom. The van der Waals surface area contributed by atoms with Gasteiger partial charge < -0.3 is 24.4 Å². The molecule has 0 spiro atoms. The monoisotopic (exact) mass is 691 g/mol. The van der Waals surface area contributed by atoms with Crippen LogP contribution in [0.4, 0.5) is 15.8 Å². The van der Waals surface area contributed by atoms with Gasteiger partial charge in [0.2, 0.25) is 11.8 Å². The summed E-state index contributed by atoms with van der Waals surface area (Å²) >= 11 is 6.77. The van der Waals surface area contributed by atoms with E-state index in [9.17, 15) is 19.2 Å². The van der Waals surface area contributed by atoms with E-state index >= 15 is 4.39 Å². The minimum atomic E-state index is -0.563. The van der Waals surface area contributed by atoms with Gasteiger partial charge in [0.05, 0.1) is 17.8 Å². The molecule has 0 bridgehead atoms. The van der Waals surface area contributed by atoms with Gasteiger partial charge in [0, 0.05) is 62.7 Å². The zero-order valence-corrected chi connectivity index (χ0v) is 29.2. The number of aryl methyl sites for hydroxylation is 1. The molecule has 0 aliphatic carbocycles. The van der Waals surface area contributed by atoms with Crippen LogP contribution in [0, 0.1) is 31.5 Å². The first kappa shape index (κ1) is 34.5. The lowest BCUT2D eigenvalue weighted by atomic mass is 9.78. The topological polar surface area (TPSA) is 113 Å². The Morgan fingerprint density at radius 1 is 0.959 bits per heavy atom. The van der Waals surface area contributed by atoms with Crippen molar-refractivity contribution >= 4 is 40.7 Å². The van der Waals surface area contributed by atoms with Gasteiger partial charge in [-0.3, -0.25) is 24.5 Å². The van der Waals surface area contributed by atoms with E-state index in [1.807, 2.05) is 17.9 Å². The summed E-state index contributed by atoms with van der Waals surface area (Å²) in [6, 6.07) is 7.98. The van der Waals surface area contributed by atoms with Gasteiger partial charge in [-0.05, 0) is 99.2 Å². The number of ether oxygens (including phenoxy) is 1. The van der Waals surface area contributed by atoms with Crippen LogP contribution < -0.4 is 25.8 Å². The van der Waals surface area contributed by atoms with Gasteiger partial charge in [0.1, 0.15) is 23.2 Å². The van der Waals surface area contributed by atoms with E-state index < -0.39 is 6.04 Å². The molecule has 0 radical (unpaired) electrons. The van der Waals surface area contributed by atoms with E-state index in [0.29, 0.717) is 64.6 Å². The van der Waals surface area contributed by atoms with Gasteiger partial charge in [-0.15, -0.1) is 0 Å². The molecule has 3 aliphatic rings. The van der Waals surface area contributed by atoms with E-state index in [0.717, 1.165) is 55.5 Å². The largest absolute Gasteiger partial charge is 0.496 e. The highest BCUT2D eigenvalue weighted by Crippen LogP contribution is 2.38. The van der Waals surface area contributed by atoms with E-state index in [1.165, 1.54) is 13.2 Å². The summed E-state index contributed by atoms with van der Waals surface area (Å²) in [5.74, 6) is 0.206. The molecule has 1 atom stereocenters. The zero-order chi connectivity index (χ0) is 35.0. The lowest BCUT2D eigenvalue weighted by molar-refractivity contribution is -0.133. The number of rotatable bonds is 7. The van der Waals surface area contributed by atoms with Crippen LogP contribution in [-0.4, -0.2) is 66.5 Å². The molecule has 3 saturated heterocycles. The number of anilines is 2. The molecule has 3 fully saturated rings. The third-order valence-corrected chi connectivity index (χ3v) is 10.9. The van der Waals surface area contributed by atoms with Gasteiger partial charge in [-0.25, -0.2) is 4.39 Å². The standard InChI is InChI=1S/C37H43ClFN5O5/c1-21-22(2)36(47)42(3)20-27(21)25-17-28(38)34(32(18-25)49-4)37(48)44-15-11-24(12-16-44)23-9-13-43(14-10-23)31-7-5-26(19-29(31)39)40-30-6-8-33(45)41-35(30)46/h5,7,17-20,23-24,30,40H,6,8-16H2,1-4H3,(H,41,45,46). The third kappa shape index (κ3) is 7.04. The maximum atomic E-state index is 15.2. The van der Waals surface area contributed by atoms with E-state index in [2.05, 4.69) is 15.5 Å². The molecule has 3 aliphatic heterocycles. The van der Waals surface area contributed by atoms with Gasteiger partial charge in [0.25, 0.3) is 11.5 Å². The van der Waals surface area contributed by atoms with Crippen molar-refractivity contribution in [2.75, 3.05) is 43.5 Å². The van der Waals surface area contributed by atoms with Gasteiger partial charge >= 0.3 is 0 Å². The van der Waals surface area contributed by atoms with E-state index in [-0.39, 0.29) is 35.5 Å². The number of benzene rings is 2. The number of likely N-dealkylation sites (tertiary alicyclic amines) is 1. The summed E-state index contributed by atoms with van der Waals surface area (Å²) < 4.78 is 22.4. The molecule has 4 heterocycles. The van der Waals surface area contributed by atoms with Crippen molar-refractivity contribution in [3.8, 4) is 16.9 Å². The summed E-state index contributed by atoms with van der Waals surface area (Å²) in [5, 5.41) is 5.67. The Morgan fingerprint density at radius 2 is 1.63 bits per heavy atom. The first-order valence-corrected chi connectivity index (χ1v) is 17.3. The molecule has 6 rings (SSSR count). The summed E-state index contributed by atoms with van der Waals surface area (Å²) in [4.78, 5) is 53.6. The van der Waals surface area contributed by atoms with Crippen LogP contribution in [0.3, 0.4) is 0 Å². The molecule has 49 heavy (non-hydrogen) atoms. The summed E-state index contributed by atoms with van der Waals surface area (Å²) in [6.45, 7) is 6.44. The van der Waals surface area contributed by atoms with Crippen LogP contribution in [-0.2, 0) is 16.6 Å². The molecule has 3 aromatic rings. The Labute approximate surface area is 290 Å². The second-order valence-electron chi connectivity index (χ2n) is 13.5. The molecular weight excluding hydrogens is 649 g/mol. The third-order valence-electron chi connectivity index (χ3n) is 10.6. The predicted molar refractivity (Wildman–Crippen MR) is 188 cm³/mol. The number of carbonyl (C=O) groups excluding carboxylic acids is 3. The normalized spacial score (nSPS) is 19.2. The van der Waals surface area contributed by atoms with Crippen LogP contribution in [0.2, 0.25) is 5.02 Å². The highest BCUT2D eigenvalue weighted by atomic mass is 35.5. The first-order valence-electron chi connectivity index (χ1n) is 16.9. The molecule has 12 heteroatoms. The smallest absolute Gasteiger partial charge is 0.259 e. The first-order chi connectivity index (χ1) is 23.4. The Bertz CT molecular complexity index is 1850. The highest BCUT2D eigenvalue weighted by molar-refractivity contribution is 6.34. The van der Waals surface area contributed by atoms with Gasteiger partial charge in [-0.1, -0.05) is 11.6 Å². The maximum absolute atomic E-state index is 15.2. The number of imide groups is 1. The van der Waals surface area contributed by atoms with Crippen molar-refractivity contribution in [2.24, 2.45) is 18.9 Å². The minimum Gasteiger partial charge on any atom is -0.496 e. The fourth-order valence-corrected chi connectivity index (χ4v) is 7.89. The number of nitrogens with one attached hydrogen (secondary N) is 2. The molecule has 2 N–H and O–H groups in total. The molecule has 2 aromatic carbocycles. The number of halogens is 2. The Hall–Kier alpha value is -4.38. The van der Waals surface area contributed by atoms with Crippen LogP contribution in [0.15, 0.2) is 41.3 Å². The summed E-state index contributed by atoms with van der Waals surface area (Å²) in [7, 11) is 3.25. The van der Waals surface area contributed by atoms with Crippen LogP contribution in [0.25, 0.3) is 11.1 Å². The van der Waals surface area contributed by atoms with Crippen LogP contribution in [0.1, 0.15) is 60.0 Å². The summed E-state index contributed by atoms with van der Waals surface area (Å²) in [5.41, 5.74) is 4.50. The fraction of sp³-hybridized carbons (Fsp3) is 0.459. The molecule has 1 aromatic heterocycles. The van der Waals surface area contributed by atoms with Gasteiger partial charge in [0.15, 0.2) is 0 Å². The number of nitrogens with zero attached hydrogens (tertiary/aromatic N) is 3. The predicted octanol–water partition coefficient (Wildman–Crippen LogP) is 5.46. The number of carbonyl (C=O) groups is 3. The SMILES string of the molecule is COc1cc(-c2cn(C)c(=O)c(C)c2C)cc(Cl)c1C(=O)N1CCC(C2CCN(c3ccc(NC4CCC(=O)NC4=O)cc3F)CC2)CC1. The molecule has 260 valence electrons. The Balaban J connectivity index is 1.05. The number of hydrogen-bond acceptors (Lipinski definition) is 7. The van der Waals surface area contributed by atoms with Gasteiger partial charge in [-0.2, -0.15) is 0 Å². The van der Waals surface area contributed by atoms with E-state index in [4.69, 9.17) is 16.3 Å². The van der Waals surface area contributed by atoms with Crippen molar-refractivity contribution in [1.29, 1.82) is 0 Å². The second kappa shape index (κ2) is 14.2. The molecular formula is C37H43ClFN5O5. The lowest BCUT2D eigenvalue weighted by Crippen LogP contribution is -2.47. The minimum absolute atomic E-state index is 0.0539. The zero-order valence-electron chi connectivity index (χ0n) is 28.4. The molecule has 3 amide bonds. The van der Waals surface area contributed by atoms with Crippen LogP contribution >= 0.6 is 11.6 Å². The maximum Gasteiger partial charge on any atom is 0.259 e. The van der Waals surface area contributed by atoms with Crippen molar-refractivity contribution < 1.29 is 23.5 Å². The van der Waals surface area contributed by atoms with Crippen molar-refractivity contribution in [3.05, 3.63) is 74.4 Å².